The molecule has 0 bridgehead atoms. The lowest BCUT2D eigenvalue weighted by atomic mass is 9.93. The van der Waals surface area contributed by atoms with Crippen molar-refractivity contribution in [3.63, 3.8) is 0 Å². The molecule has 1 aromatic carbocycles. The number of anilines is 2. The minimum absolute atomic E-state index is 0.333. The van der Waals surface area contributed by atoms with E-state index in [0.29, 0.717) is 70.0 Å². The van der Waals surface area contributed by atoms with E-state index in [1.165, 1.54) is 22.3 Å². The molecule has 15 heteroatoms. The first kappa shape index (κ1) is 34.1. The van der Waals surface area contributed by atoms with Gasteiger partial charge in [0.1, 0.15) is 38.6 Å². The molecule has 2 unspecified atom stereocenters. The van der Waals surface area contributed by atoms with Gasteiger partial charge in [-0.25, -0.2) is 31.5 Å². The molecule has 0 saturated carbocycles. The molecule has 12 nitrogen and oxygen atoms in total. The van der Waals surface area contributed by atoms with Gasteiger partial charge in [0, 0.05) is 50.7 Å². The van der Waals surface area contributed by atoms with Crippen LogP contribution >= 0.6 is 11.3 Å². The standard InChI is InChI=1S/C34H37FN8O4S2/c1-33(2,3)47-32(44)42-19-17-41(18-20-42)28-13-12-25-24(38-28)14-16-43(25)49(45,46)34(4)15-6-7-26(30(34)37)40(5)31-39-29(27(21-36)48-31)22-8-10-23(35)11-9-22/h6-16,30H,17-20,37H2,1-5H3. The van der Waals surface area contributed by atoms with Crippen LogP contribution in [0, 0.1) is 17.1 Å². The zero-order chi connectivity index (χ0) is 35.3. The predicted octanol–water partition coefficient (Wildman–Crippen LogP) is 5.08. The third-order valence-electron chi connectivity index (χ3n) is 8.70. The SMILES string of the molecule is CN(C1=CC=CC(C)(S(=O)(=O)n2ccc3nc(N4CCN(C(=O)OC(C)(C)C)CC4)ccc32)C1N)c1nc(-c2ccc(F)cc2)c(C#N)s1. The Morgan fingerprint density at radius 1 is 1.12 bits per heavy atom. The average molecular weight is 705 g/mol. The monoisotopic (exact) mass is 704 g/mol. The molecule has 2 N–H and O–H groups in total. The normalized spacial score (nSPS) is 19.9. The number of benzene rings is 1. The average Bonchev–Trinajstić information content (AvgIpc) is 3.70. The smallest absolute Gasteiger partial charge is 0.410 e. The van der Waals surface area contributed by atoms with Gasteiger partial charge in [-0.15, -0.1) is 0 Å². The van der Waals surface area contributed by atoms with Crippen molar-refractivity contribution in [2.45, 2.75) is 44.1 Å². The van der Waals surface area contributed by atoms with Gasteiger partial charge in [-0.05, 0) is 76.2 Å². The number of ether oxygens (including phenoxy) is 1. The first-order valence-electron chi connectivity index (χ1n) is 15.6. The fourth-order valence-electron chi connectivity index (χ4n) is 5.87. The highest BCUT2D eigenvalue weighted by atomic mass is 32.2. The summed E-state index contributed by atoms with van der Waals surface area (Å²) in [7, 11) is -2.43. The molecule has 1 amide bonds. The number of halogens is 1. The highest BCUT2D eigenvalue weighted by molar-refractivity contribution is 7.91. The van der Waals surface area contributed by atoms with Crippen LogP contribution in [0.25, 0.3) is 22.3 Å². The number of carbonyl (C=O) groups excluding carboxylic acids is 1. The van der Waals surface area contributed by atoms with Crippen LogP contribution in [0.4, 0.5) is 20.1 Å². The van der Waals surface area contributed by atoms with E-state index in [4.69, 9.17) is 15.5 Å². The Morgan fingerprint density at radius 3 is 2.47 bits per heavy atom. The summed E-state index contributed by atoms with van der Waals surface area (Å²) in [4.78, 5) is 27.7. The summed E-state index contributed by atoms with van der Waals surface area (Å²) in [5.74, 6) is 0.279. The zero-order valence-electron chi connectivity index (χ0n) is 27.8. The molecule has 1 saturated heterocycles. The molecule has 4 heterocycles. The Labute approximate surface area is 288 Å². The van der Waals surface area contributed by atoms with Crippen LogP contribution < -0.4 is 15.5 Å². The maximum Gasteiger partial charge on any atom is 0.410 e. The molecule has 1 fully saturated rings. The van der Waals surface area contributed by atoms with E-state index < -0.39 is 32.2 Å². The Morgan fingerprint density at radius 2 is 1.82 bits per heavy atom. The molecule has 0 spiro atoms. The van der Waals surface area contributed by atoms with Crippen molar-refractivity contribution in [1.82, 2.24) is 18.8 Å². The number of thiazole rings is 1. The van der Waals surface area contributed by atoms with Crippen LogP contribution in [0.15, 0.2) is 72.6 Å². The van der Waals surface area contributed by atoms with Crippen molar-refractivity contribution in [3.8, 4) is 17.3 Å². The summed E-state index contributed by atoms with van der Waals surface area (Å²) >= 11 is 1.13. The summed E-state index contributed by atoms with van der Waals surface area (Å²) in [6, 6.07) is 12.0. The number of hydrogen-bond donors (Lipinski definition) is 1. The number of nitrogens with two attached hydrogens (primary N) is 1. The van der Waals surface area contributed by atoms with Gasteiger partial charge in [0.05, 0.1) is 17.1 Å². The van der Waals surface area contributed by atoms with Gasteiger partial charge >= 0.3 is 6.09 Å². The van der Waals surface area contributed by atoms with Gasteiger partial charge in [-0.2, -0.15) is 5.26 Å². The minimum Gasteiger partial charge on any atom is -0.444 e. The lowest BCUT2D eigenvalue weighted by molar-refractivity contribution is 0.0240. The van der Waals surface area contributed by atoms with Crippen LogP contribution in [-0.2, 0) is 14.8 Å². The van der Waals surface area contributed by atoms with Crippen LogP contribution in [-0.4, -0.2) is 83.0 Å². The topological polar surface area (TPSA) is 151 Å². The van der Waals surface area contributed by atoms with Crippen LogP contribution in [0.3, 0.4) is 0 Å². The van der Waals surface area contributed by atoms with Crippen molar-refractivity contribution in [2.75, 3.05) is 43.0 Å². The van der Waals surface area contributed by atoms with Crippen molar-refractivity contribution < 1.29 is 22.3 Å². The lowest BCUT2D eigenvalue weighted by Crippen LogP contribution is -2.56. The van der Waals surface area contributed by atoms with Crippen LogP contribution in [0.5, 0.6) is 0 Å². The van der Waals surface area contributed by atoms with E-state index in [0.717, 1.165) is 11.3 Å². The van der Waals surface area contributed by atoms with E-state index >= 15 is 0 Å². The van der Waals surface area contributed by atoms with Crippen molar-refractivity contribution in [3.05, 3.63) is 83.3 Å². The molecule has 1 aliphatic carbocycles. The number of fused-ring (bicyclic) bond motifs is 1. The number of nitriles is 1. The third-order valence-corrected chi connectivity index (χ3v) is 12.1. The number of nitrogens with zero attached hydrogens (tertiary/aromatic N) is 7. The van der Waals surface area contributed by atoms with Crippen molar-refractivity contribution in [1.29, 1.82) is 5.26 Å². The minimum atomic E-state index is -4.15. The van der Waals surface area contributed by atoms with E-state index in [1.54, 1.807) is 72.3 Å². The van der Waals surface area contributed by atoms with Crippen LogP contribution in [0.1, 0.15) is 32.6 Å². The number of pyridine rings is 1. The molecule has 2 aliphatic rings. The largest absolute Gasteiger partial charge is 0.444 e. The van der Waals surface area contributed by atoms with Gasteiger partial charge < -0.3 is 25.2 Å². The number of hydrogen-bond acceptors (Lipinski definition) is 11. The third kappa shape index (κ3) is 6.27. The lowest BCUT2D eigenvalue weighted by Gasteiger charge is -2.38. The number of piperazine rings is 1. The first-order valence-corrected chi connectivity index (χ1v) is 17.9. The Balaban J connectivity index is 1.22. The zero-order valence-corrected chi connectivity index (χ0v) is 29.4. The molecule has 6 rings (SSSR count). The highest BCUT2D eigenvalue weighted by Crippen LogP contribution is 2.39. The number of rotatable bonds is 6. The van der Waals surface area contributed by atoms with E-state index in [2.05, 4.69) is 16.0 Å². The second-order valence-electron chi connectivity index (χ2n) is 13.1. The fraction of sp³-hybridized carbons (Fsp3) is 0.353. The van der Waals surface area contributed by atoms with Gasteiger partial charge in [-0.3, -0.25) is 0 Å². The summed E-state index contributed by atoms with van der Waals surface area (Å²) in [6.07, 6.45) is 6.11. The summed E-state index contributed by atoms with van der Waals surface area (Å²) in [6.45, 7) is 9.14. The molecule has 256 valence electrons. The van der Waals surface area contributed by atoms with Gasteiger partial charge in [0.2, 0.25) is 10.0 Å². The molecule has 49 heavy (non-hydrogen) atoms. The van der Waals surface area contributed by atoms with Crippen LogP contribution in [0.2, 0.25) is 0 Å². The number of amides is 1. The number of carbonyl (C=O) groups is 1. The van der Waals surface area contributed by atoms with Gasteiger partial charge in [-0.1, -0.05) is 23.5 Å². The summed E-state index contributed by atoms with van der Waals surface area (Å²) < 4.78 is 47.5. The summed E-state index contributed by atoms with van der Waals surface area (Å²) in [5.41, 5.74) is 8.59. The van der Waals surface area contributed by atoms with E-state index in [9.17, 15) is 22.9 Å². The molecule has 4 aromatic rings. The number of allylic oxidation sites excluding steroid dienone is 2. The fourth-order valence-corrected chi connectivity index (χ4v) is 8.49. The molecular formula is C34H37FN8O4S2. The highest BCUT2D eigenvalue weighted by Gasteiger charge is 2.48. The van der Waals surface area contributed by atoms with E-state index in [-0.39, 0.29) is 6.09 Å². The molecule has 2 atom stereocenters. The quantitative estimate of drug-likeness (QED) is 0.288. The predicted molar refractivity (Wildman–Crippen MR) is 188 cm³/mol. The second-order valence-corrected chi connectivity index (χ2v) is 16.3. The maximum atomic E-state index is 14.4. The number of aromatic nitrogens is 3. The molecule has 1 aliphatic heterocycles. The molecular weight excluding hydrogens is 668 g/mol. The number of likely N-dealkylation sites (N-methyl/N-ethyl adjacent to an activating group) is 1. The summed E-state index contributed by atoms with van der Waals surface area (Å²) in [5, 5.41) is 10.2. The van der Waals surface area contributed by atoms with Gasteiger partial charge in [0.15, 0.2) is 5.13 Å². The van der Waals surface area contributed by atoms with Gasteiger partial charge in [0.25, 0.3) is 0 Å². The first-order chi connectivity index (χ1) is 23.1. The molecule has 3 aromatic heterocycles. The van der Waals surface area contributed by atoms with E-state index in [1.807, 2.05) is 20.8 Å². The van der Waals surface area contributed by atoms with Crippen molar-refractivity contribution in [2.24, 2.45) is 5.73 Å². The Kier molecular flexibility index (Phi) is 8.76. The Bertz CT molecular complexity index is 2120. The second kappa shape index (κ2) is 12.6. The van der Waals surface area contributed by atoms with Crippen molar-refractivity contribution >= 4 is 49.4 Å². The maximum absolute atomic E-state index is 14.4. The Hall–Kier alpha value is -4.78. The molecule has 0 radical (unpaired) electrons.